The van der Waals surface area contributed by atoms with Crippen LogP contribution in [0.1, 0.15) is 18.5 Å². The van der Waals surface area contributed by atoms with Gasteiger partial charge in [0.1, 0.15) is 5.75 Å². The lowest BCUT2D eigenvalue weighted by atomic mass is 10.1. The fourth-order valence-corrected chi connectivity index (χ4v) is 1.66. The van der Waals surface area contributed by atoms with Crippen LogP contribution in [-0.4, -0.2) is 11.3 Å². The molecule has 2 rings (SSSR count). The number of nitrogens with one attached hydrogen (secondary N) is 1. The highest BCUT2D eigenvalue weighted by Gasteiger charge is 2.07. The highest BCUT2D eigenvalue weighted by atomic mass is 19.3. The fraction of sp³-hybridized carbons (Fsp3) is 0.231. The number of hydrogen-bond donors (Lipinski definition) is 1. The molecule has 0 saturated heterocycles. The van der Waals surface area contributed by atoms with Crippen molar-refractivity contribution < 1.29 is 13.5 Å². The van der Waals surface area contributed by atoms with E-state index in [2.05, 4.69) is 10.2 Å². The molecule has 0 spiro atoms. The normalized spacial score (nSPS) is 12.4. The van der Waals surface area contributed by atoms with Crippen LogP contribution in [0.15, 0.2) is 48.8 Å². The van der Waals surface area contributed by atoms with E-state index in [-0.39, 0.29) is 11.8 Å². The molecule has 1 unspecified atom stereocenters. The van der Waals surface area contributed by atoms with Gasteiger partial charge in [-0.05, 0) is 36.8 Å². The minimum atomic E-state index is -2.79. The summed E-state index contributed by atoms with van der Waals surface area (Å²) < 4.78 is 30.1. The van der Waals surface area contributed by atoms with Gasteiger partial charge in [-0.1, -0.05) is 12.1 Å². The largest absolute Gasteiger partial charge is 0.435 e. The van der Waals surface area contributed by atoms with Crippen molar-refractivity contribution in [3.8, 4) is 5.75 Å². The maximum absolute atomic E-state index is 12.0. The average molecular weight is 252 g/mol. The summed E-state index contributed by atoms with van der Waals surface area (Å²) in [6.07, 6.45) is 3.79. The zero-order valence-electron chi connectivity index (χ0n) is 9.88. The molecule has 1 atom stereocenters. The van der Waals surface area contributed by atoms with Crippen LogP contribution in [0.5, 0.6) is 5.75 Å². The molecule has 0 amide bonds. The van der Waals surface area contributed by atoms with E-state index in [1.54, 1.807) is 12.1 Å². The number of alkyl halides is 2. The lowest BCUT2D eigenvalue weighted by Crippen LogP contribution is -2.16. The summed E-state index contributed by atoms with van der Waals surface area (Å²) >= 11 is 0. The van der Waals surface area contributed by atoms with E-state index >= 15 is 0 Å². The third kappa shape index (κ3) is 3.23. The molecule has 0 fully saturated rings. The molecule has 1 aromatic heterocycles. The van der Waals surface area contributed by atoms with Crippen LogP contribution in [-0.2, 0) is 0 Å². The van der Waals surface area contributed by atoms with Gasteiger partial charge in [0.05, 0.1) is 6.04 Å². The third-order valence-corrected chi connectivity index (χ3v) is 2.55. The van der Waals surface area contributed by atoms with E-state index in [0.29, 0.717) is 0 Å². The second kappa shape index (κ2) is 5.53. The Morgan fingerprint density at radius 2 is 1.72 bits per heavy atom. The summed E-state index contributed by atoms with van der Waals surface area (Å²) in [5.74, 6) is 0.168. The summed E-state index contributed by atoms with van der Waals surface area (Å²) in [7, 11) is 0. The number of hydrogen-bond acceptors (Lipinski definition) is 2. The first-order chi connectivity index (χ1) is 8.65. The predicted molar refractivity (Wildman–Crippen MR) is 65.3 cm³/mol. The number of aromatic nitrogens is 1. The van der Waals surface area contributed by atoms with E-state index in [0.717, 1.165) is 5.56 Å². The minimum Gasteiger partial charge on any atom is -0.435 e. The highest BCUT2D eigenvalue weighted by Crippen LogP contribution is 2.19. The van der Waals surface area contributed by atoms with E-state index in [4.69, 9.17) is 0 Å². The molecular weight excluding hydrogens is 238 g/mol. The fourth-order valence-electron chi connectivity index (χ4n) is 1.66. The number of rotatable bonds is 5. The minimum absolute atomic E-state index is 0.0676. The Hall–Kier alpha value is -2.04. The Balaban J connectivity index is 2.00. The first-order valence-electron chi connectivity index (χ1n) is 5.59. The van der Waals surface area contributed by atoms with Crippen LogP contribution in [0, 0.1) is 0 Å². The molecule has 1 N–H and O–H groups in total. The molecule has 0 aliphatic carbocycles. The van der Waals surface area contributed by atoms with Gasteiger partial charge in [0.15, 0.2) is 0 Å². The Kier molecular flexibility index (Phi) is 3.82. The summed E-state index contributed by atoms with van der Waals surface area (Å²) in [6.45, 7) is -0.797. The molecule has 1 aromatic carbocycles. The molecule has 18 heavy (non-hydrogen) atoms. The third-order valence-electron chi connectivity index (χ3n) is 2.55. The number of halogens is 2. The zero-order chi connectivity index (χ0) is 13.0. The van der Waals surface area contributed by atoms with Crippen molar-refractivity contribution in [1.82, 2.24) is 4.68 Å². The van der Waals surface area contributed by atoms with Gasteiger partial charge in [-0.3, -0.25) is 4.68 Å². The van der Waals surface area contributed by atoms with E-state index in [1.165, 1.54) is 12.1 Å². The van der Waals surface area contributed by atoms with Crippen LogP contribution < -0.4 is 10.2 Å². The van der Waals surface area contributed by atoms with E-state index in [9.17, 15) is 8.78 Å². The van der Waals surface area contributed by atoms with Crippen molar-refractivity contribution in [2.45, 2.75) is 19.6 Å². The topological polar surface area (TPSA) is 26.2 Å². The Labute approximate surface area is 104 Å². The first-order valence-corrected chi connectivity index (χ1v) is 5.59. The summed E-state index contributed by atoms with van der Waals surface area (Å²) in [6, 6.07) is 10.5. The Morgan fingerprint density at radius 1 is 1.11 bits per heavy atom. The van der Waals surface area contributed by atoms with Crippen molar-refractivity contribution in [1.29, 1.82) is 0 Å². The van der Waals surface area contributed by atoms with Gasteiger partial charge in [0.2, 0.25) is 0 Å². The molecule has 0 aliphatic heterocycles. The molecule has 96 valence electrons. The summed E-state index contributed by atoms with van der Waals surface area (Å²) in [5.41, 5.74) is 4.22. The van der Waals surface area contributed by atoms with Crippen molar-refractivity contribution in [3.63, 3.8) is 0 Å². The standard InChI is InChI=1S/C13H14F2N2O/c1-10(16-17-8-2-3-9-17)11-4-6-12(7-5-11)18-13(14)15/h2-10,13,16H,1H3. The van der Waals surface area contributed by atoms with Crippen LogP contribution in [0.4, 0.5) is 8.78 Å². The molecule has 5 heteroatoms. The number of nitrogens with zero attached hydrogens (tertiary/aromatic N) is 1. The monoisotopic (exact) mass is 252 g/mol. The van der Waals surface area contributed by atoms with Gasteiger partial charge >= 0.3 is 6.61 Å². The highest BCUT2D eigenvalue weighted by molar-refractivity contribution is 5.29. The molecule has 3 nitrogen and oxygen atoms in total. The average Bonchev–Trinajstić information content (AvgIpc) is 2.82. The quantitative estimate of drug-likeness (QED) is 0.882. The Bertz CT molecular complexity index is 468. The summed E-state index contributed by atoms with van der Waals surface area (Å²) in [5, 5.41) is 0. The van der Waals surface area contributed by atoms with Gasteiger partial charge in [0.25, 0.3) is 0 Å². The lowest BCUT2D eigenvalue weighted by molar-refractivity contribution is -0.0498. The molecular formula is C13H14F2N2O. The first kappa shape index (κ1) is 12.4. The van der Waals surface area contributed by atoms with Crippen LogP contribution in [0.2, 0.25) is 0 Å². The second-order valence-electron chi connectivity index (χ2n) is 3.89. The molecule has 0 radical (unpaired) electrons. The van der Waals surface area contributed by atoms with Crippen LogP contribution >= 0.6 is 0 Å². The van der Waals surface area contributed by atoms with E-state index in [1.807, 2.05) is 36.1 Å². The summed E-state index contributed by atoms with van der Waals surface area (Å²) in [4.78, 5) is 0. The van der Waals surface area contributed by atoms with Crippen molar-refractivity contribution in [2.24, 2.45) is 0 Å². The van der Waals surface area contributed by atoms with Crippen molar-refractivity contribution in [2.75, 3.05) is 5.43 Å². The van der Waals surface area contributed by atoms with Crippen molar-refractivity contribution >= 4 is 0 Å². The predicted octanol–water partition coefficient (Wildman–Crippen LogP) is 3.39. The van der Waals surface area contributed by atoms with Gasteiger partial charge < -0.3 is 10.2 Å². The Morgan fingerprint density at radius 3 is 2.28 bits per heavy atom. The number of benzene rings is 1. The smallest absolute Gasteiger partial charge is 0.387 e. The van der Waals surface area contributed by atoms with Crippen LogP contribution in [0.3, 0.4) is 0 Å². The maximum atomic E-state index is 12.0. The van der Waals surface area contributed by atoms with Gasteiger partial charge in [-0.2, -0.15) is 8.78 Å². The van der Waals surface area contributed by atoms with Gasteiger partial charge in [-0.15, -0.1) is 0 Å². The van der Waals surface area contributed by atoms with Crippen LogP contribution in [0.25, 0.3) is 0 Å². The molecule has 2 aromatic rings. The SMILES string of the molecule is CC(Nn1cccc1)c1ccc(OC(F)F)cc1. The molecule has 0 saturated carbocycles. The molecule has 0 bridgehead atoms. The van der Waals surface area contributed by atoms with E-state index < -0.39 is 6.61 Å². The molecule has 1 heterocycles. The second-order valence-corrected chi connectivity index (χ2v) is 3.89. The maximum Gasteiger partial charge on any atom is 0.387 e. The zero-order valence-corrected chi connectivity index (χ0v) is 9.88. The number of ether oxygens (including phenoxy) is 1. The molecule has 0 aliphatic rings. The van der Waals surface area contributed by atoms with Crippen molar-refractivity contribution in [3.05, 3.63) is 54.4 Å². The van der Waals surface area contributed by atoms with Gasteiger partial charge in [-0.25, -0.2) is 0 Å². The van der Waals surface area contributed by atoms with Gasteiger partial charge in [0, 0.05) is 12.4 Å². The lowest BCUT2D eigenvalue weighted by Gasteiger charge is -2.16.